The van der Waals surface area contributed by atoms with Crippen molar-refractivity contribution in [3.63, 3.8) is 0 Å². The van der Waals surface area contributed by atoms with Crippen LogP contribution >= 0.6 is 0 Å². The topological polar surface area (TPSA) is 43.4 Å². The monoisotopic (exact) mass is 282 g/mol. The first-order valence-electron chi connectivity index (χ1n) is 7.95. The van der Waals surface area contributed by atoms with Crippen molar-refractivity contribution in [3.8, 4) is 0 Å². The molecule has 0 amide bonds. The molecule has 0 unspecified atom stereocenters. The Hall–Kier alpha value is -1.64. The molecule has 5 aliphatic carbocycles. The second-order valence-electron chi connectivity index (χ2n) is 7.24. The van der Waals surface area contributed by atoms with Crippen LogP contribution in [0.4, 0.5) is 0 Å². The van der Waals surface area contributed by atoms with Crippen LogP contribution in [-0.2, 0) is 9.53 Å². The third-order valence-electron chi connectivity index (χ3n) is 6.59. The van der Waals surface area contributed by atoms with Gasteiger partial charge in [-0.05, 0) is 49.1 Å². The number of benzene rings is 1. The molecule has 5 fully saturated rings. The first-order valence-corrected chi connectivity index (χ1v) is 7.95. The summed E-state index contributed by atoms with van der Waals surface area (Å²) in [4.78, 5) is 24.1. The number of esters is 1. The van der Waals surface area contributed by atoms with E-state index in [0.29, 0.717) is 40.9 Å². The largest absolute Gasteiger partial charge is 0.458 e. The van der Waals surface area contributed by atoms with E-state index in [1.54, 1.807) is 19.1 Å². The SMILES string of the molecule is CC(=O)[C@@H]1C[C@H]2[C@@H]3[C@@H]4[C@H](OC(=O)c5ccccc5)[C@H]2[C@H]1[C@H]34. The van der Waals surface area contributed by atoms with Gasteiger partial charge in [-0.1, -0.05) is 18.2 Å². The van der Waals surface area contributed by atoms with Gasteiger partial charge in [-0.25, -0.2) is 4.79 Å². The Kier molecular flexibility index (Phi) is 2.14. The first-order chi connectivity index (χ1) is 10.2. The van der Waals surface area contributed by atoms with Crippen LogP contribution in [0.15, 0.2) is 30.3 Å². The quantitative estimate of drug-likeness (QED) is 0.800. The zero-order valence-electron chi connectivity index (χ0n) is 11.9. The molecule has 6 bridgehead atoms. The van der Waals surface area contributed by atoms with E-state index in [9.17, 15) is 9.59 Å². The Morgan fingerprint density at radius 2 is 1.76 bits per heavy atom. The number of hydrogen-bond donors (Lipinski definition) is 0. The predicted molar refractivity (Wildman–Crippen MR) is 75.4 cm³/mol. The van der Waals surface area contributed by atoms with Gasteiger partial charge in [0.05, 0.1) is 5.56 Å². The second kappa shape index (κ2) is 3.76. The van der Waals surface area contributed by atoms with E-state index < -0.39 is 0 Å². The molecular formula is C18H18O3. The molecule has 6 rings (SSSR count). The molecule has 3 nitrogen and oxygen atoms in total. The van der Waals surface area contributed by atoms with E-state index in [-0.39, 0.29) is 18.0 Å². The molecule has 21 heavy (non-hydrogen) atoms. The molecular weight excluding hydrogens is 264 g/mol. The summed E-state index contributed by atoms with van der Waals surface area (Å²) >= 11 is 0. The van der Waals surface area contributed by atoms with Crippen LogP contribution in [0.2, 0.25) is 0 Å². The molecule has 1 aromatic rings. The summed E-state index contributed by atoms with van der Waals surface area (Å²) in [5, 5.41) is 0. The summed E-state index contributed by atoms with van der Waals surface area (Å²) in [6, 6.07) is 9.23. The van der Waals surface area contributed by atoms with Gasteiger partial charge in [0, 0.05) is 17.8 Å². The van der Waals surface area contributed by atoms with Crippen molar-refractivity contribution in [3.05, 3.63) is 35.9 Å². The van der Waals surface area contributed by atoms with Gasteiger partial charge >= 0.3 is 5.97 Å². The van der Waals surface area contributed by atoms with Gasteiger partial charge in [-0.2, -0.15) is 0 Å². The van der Waals surface area contributed by atoms with Crippen LogP contribution in [0.25, 0.3) is 0 Å². The minimum absolute atomic E-state index is 0.0760. The zero-order chi connectivity index (χ0) is 14.3. The molecule has 5 saturated carbocycles. The Morgan fingerprint density at radius 3 is 2.43 bits per heavy atom. The molecule has 1 aromatic carbocycles. The van der Waals surface area contributed by atoms with Crippen LogP contribution < -0.4 is 0 Å². The van der Waals surface area contributed by atoms with E-state index in [1.165, 1.54) is 0 Å². The van der Waals surface area contributed by atoms with E-state index in [1.807, 2.05) is 18.2 Å². The normalized spacial score (nSPS) is 47.5. The standard InChI is InChI=1S/C18H18O3/c1-8(19)10-7-11-13-15-12(10)14(11)17(16(13)15)21-18(20)9-5-3-2-4-6-9/h2-6,10-17H,7H2,1H3/t10-,11-,12-,13-,14+,15+,16-,17+/m0/s1. The highest BCUT2D eigenvalue weighted by atomic mass is 16.5. The minimum Gasteiger partial charge on any atom is -0.458 e. The third-order valence-corrected chi connectivity index (χ3v) is 6.59. The van der Waals surface area contributed by atoms with Crippen molar-refractivity contribution in [2.75, 3.05) is 0 Å². The maximum absolute atomic E-state index is 12.3. The van der Waals surface area contributed by atoms with Crippen LogP contribution in [0.3, 0.4) is 0 Å². The van der Waals surface area contributed by atoms with Gasteiger partial charge in [0.1, 0.15) is 11.9 Å². The van der Waals surface area contributed by atoms with Crippen LogP contribution in [0.1, 0.15) is 23.7 Å². The zero-order valence-corrected chi connectivity index (χ0v) is 11.9. The molecule has 108 valence electrons. The molecule has 0 saturated heterocycles. The van der Waals surface area contributed by atoms with Gasteiger partial charge in [0.2, 0.25) is 0 Å². The highest BCUT2D eigenvalue weighted by Gasteiger charge is 2.83. The van der Waals surface area contributed by atoms with E-state index >= 15 is 0 Å². The van der Waals surface area contributed by atoms with Crippen molar-refractivity contribution >= 4 is 11.8 Å². The predicted octanol–water partition coefficient (Wildman–Crippen LogP) is 2.56. The van der Waals surface area contributed by atoms with Crippen molar-refractivity contribution in [2.45, 2.75) is 19.4 Å². The molecule has 0 aromatic heterocycles. The lowest BCUT2D eigenvalue weighted by Gasteiger charge is -2.20. The lowest BCUT2D eigenvalue weighted by Crippen LogP contribution is -2.26. The number of carbonyl (C=O) groups is 2. The summed E-state index contributed by atoms with van der Waals surface area (Å²) in [6.45, 7) is 1.73. The summed E-state index contributed by atoms with van der Waals surface area (Å²) in [7, 11) is 0. The average molecular weight is 282 g/mol. The van der Waals surface area contributed by atoms with Gasteiger partial charge < -0.3 is 4.74 Å². The van der Waals surface area contributed by atoms with Crippen molar-refractivity contribution in [2.24, 2.45) is 41.4 Å². The number of hydrogen-bond acceptors (Lipinski definition) is 3. The Labute approximate surface area is 123 Å². The molecule has 0 aliphatic heterocycles. The van der Waals surface area contributed by atoms with Crippen LogP contribution in [0.5, 0.6) is 0 Å². The number of ether oxygens (including phenoxy) is 1. The maximum Gasteiger partial charge on any atom is 0.338 e. The van der Waals surface area contributed by atoms with Gasteiger partial charge in [-0.3, -0.25) is 4.79 Å². The fraction of sp³-hybridized carbons (Fsp3) is 0.556. The van der Waals surface area contributed by atoms with Crippen LogP contribution in [0, 0.1) is 41.4 Å². The summed E-state index contributed by atoms with van der Waals surface area (Å²) < 4.78 is 5.86. The van der Waals surface area contributed by atoms with Crippen molar-refractivity contribution < 1.29 is 14.3 Å². The highest BCUT2D eigenvalue weighted by Crippen LogP contribution is 2.82. The summed E-state index contributed by atoms with van der Waals surface area (Å²) in [6.07, 6.45) is 1.12. The first kappa shape index (κ1) is 12.0. The lowest BCUT2D eigenvalue weighted by atomic mass is 9.85. The van der Waals surface area contributed by atoms with Crippen molar-refractivity contribution in [1.82, 2.24) is 0 Å². The fourth-order valence-electron chi connectivity index (χ4n) is 6.09. The second-order valence-corrected chi connectivity index (χ2v) is 7.24. The van der Waals surface area contributed by atoms with Gasteiger partial charge in [0.15, 0.2) is 0 Å². The van der Waals surface area contributed by atoms with E-state index in [0.717, 1.165) is 12.3 Å². The highest BCUT2D eigenvalue weighted by molar-refractivity contribution is 5.89. The number of carbonyl (C=O) groups excluding carboxylic acids is 2. The number of rotatable bonds is 3. The van der Waals surface area contributed by atoms with Crippen molar-refractivity contribution in [1.29, 1.82) is 0 Å². The molecule has 0 N–H and O–H groups in total. The number of Topliss-reactive ketones (excluding diaryl/α,β-unsaturated/α-hetero) is 1. The maximum atomic E-state index is 12.3. The smallest absolute Gasteiger partial charge is 0.338 e. The third kappa shape index (κ3) is 1.35. The molecule has 0 heterocycles. The summed E-state index contributed by atoms with van der Waals surface area (Å²) in [5.74, 6) is 3.99. The molecule has 8 atom stereocenters. The number of ketones is 1. The molecule has 0 radical (unpaired) electrons. The summed E-state index contributed by atoms with van der Waals surface area (Å²) in [5.41, 5.74) is 0.634. The van der Waals surface area contributed by atoms with Crippen LogP contribution in [-0.4, -0.2) is 17.9 Å². The fourth-order valence-corrected chi connectivity index (χ4v) is 6.09. The molecule has 5 aliphatic rings. The van der Waals surface area contributed by atoms with E-state index in [2.05, 4.69) is 0 Å². The lowest BCUT2D eigenvalue weighted by molar-refractivity contribution is -0.122. The Bertz CT molecular complexity index is 637. The minimum atomic E-state index is -0.197. The van der Waals surface area contributed by atoms with E-state index in [4.69, 9.17) is 4.74 Å². The van der Waals surface area contributed by atoms with Gasteiger partial charge in [0.25, 0.3) is 0 Å². The Morgan fingerprint density at radius 1 is 1.00 bits per heavy atom. The van der Waals surface area contributed by atoms with Gasteiger partial charge in [-0.15, -0.1) is 0 Å². The molecule has 3 heteroatoms. The average Bonchev–Trinajstić information content (AvgIpc) is 2.75. The Balaban J connectivity index is 1.38. The molecule has 0 spiro atoms.